The Labute approximate surface area is 357 Å². The van der Waals surface area contributed by atoms with Crippen LogP contribution in [0, 0.1) is 0 Å². The number of benzene rings is 9. The van der Waals surface area contributed by atoms with Crippen molar-refractivity contribution >= 4 is 43.7 Å². The molecule has 0 fully saturated rings. The molecule has 290 valence electrons. The molecule has 0 aliphatic carbocycles. The van der Waals surface area contributed by atoms with Crippen LogP contribution >= 0.6 is 0 Å². The van der Waals surface area contributed by atoms with Crippen molar-refractivity contribution in [3.63, 3.8) is 0 Å². The molecule has 5 nitrogen and oxygen atoms in total. The lowest BCUT2D eigenvalue weighted by atomic mass is 10.0. The molecular formula is C57H36N4O. The van der Waals surface area contributed by atoms with Crippen LogP contribution in [-0.2, 0) is 0 Å². The number of hydrogen-bond acceptors (Lipinski definition) is 4. The molecule has 0 atom stereocenters. The number of furan rings is 1. The first-order valence-corrected chi connectivity index (χ1v) is 20.8. The van der Waals surface area contributed by atoms with Gasteiger partial charge in [0.25, 0.3) is 0 Å². The van der Waals surface area contributed by atoms with Crippen LogP contribution in [0.25, 0.3) is 117 Å². The van der Waals surface area contributed by atoms with Gasteiger partial charge in [0.05, 0.1) is 16.7 Å². The molecule has 62 heavy (non-hydrogen) atoms. The summed E-state index contributed by atoms with van der Waals surface area (Å²) < 4.78 is 9.28. The van der Waals surface area contributed by atoms with Crippen molar-refractivity contribution in [2.75, 3.05) is 0 Å². The van der Waals surface area contributed by atoms with E-state index >= 15 is 0 Å². The molecular weight excluding hydrogens is 757 g/mol. The molecule has 3 heterocycles. The van der Waals surface area contributed by atoms with E-state index in [0.29, 0.717) is 17.5 Å². The summed E-state index contributed by atoms with van der Waals surface area (Å²) >= 11 is 0. The molecule has 0 aliphatic heterocycles. The molecule has 5 heteroatoms. The van der Waals surface area contributed by atoms with Crippen molar-refractivity contribution < 1.29 is 4.42 Å². The number of para-hydroxylation sites is 2. The zero-order valence-electron chi connectivity index (χ0n) is 33.5. The number of rotatable bonds is 7. The molecule has 0 saturated heterocycles. The van der Waals surface area contributed by atoms with Crippen LogP contribution in [0.2, 0.25) is 0 Å². The molecule has 0 unspecified atom stereocenters. The predicted octanol–water partition coefficient (Wildman–Crippen LogP) is 14.9. The van der Waals surface area contributed by atoms with Gasteiger partial charge in [-0.05, 0) is 57.6 Å². The Bertz CT molecular complexity index is 3490. The van der Waals surface area contributed by atoms with Gasteiger partial charge in [0.1, 0.15) is 5.58 Å². The van der Waals surface area contributed by atoms with Gasteiger partial charge in [0, 0.05) is 38.2 Å². The molecule has 0 bridgehead atoms. The highest BCUT2D eigenvalue weighted by molar-refractivity contribution is 6.16. The molecule has 0 N–H and O–H groups in total. The van der Waals surface area contributed by atoms with Crippen LogP contribution in [0.4, 0.5) is 0 Å². The second-order valence-electron chi connectivity index (χ2n) is 15.6. The lowest BCUT2D eigenvalue weighted by molar-refractivity contribution is 0.666. The normalized spacial score (nSPS) is 11.5. The smallest absolute Gasteiger partial charge is 0.164 e. The third kappa shape index (κ3) is 6.06. The maximum absolute atomic E-state index is 6.93. The quantitative estimate of drug-likeness (QED) is 0.161. The lowest BCUT2D eigenvalue weighted by Gasteiger charge is -2.11. The SMILES string of the molecule is c1ccc(-c2ccc(-c3nc(-c4ccc(-c5ccccc5)cc4)nc(-c4cccc5oc6c(-n7c8ccccc8c8ccc(-c9ccccc9)cc87)cccc6c45)n3)cc2)cc1. The summed E-state index contributed by atoms with van der Waals surface area (Å²) in [6.07, 6.45) is 0. The van der Waals surface area contributed by atoms with Crippen LogP contribution in [0.15, 0.2) is 223 Å². The Balaban J connectivity index is 1.04. The fourth-order valence-corrected chi connectivity index (χ4v) is 8.87. The van der Waals surface area contributed by atoms with E-state index in [1.807, 2.05) is 24.3 Å². The summed E-state index contributed by atoms with van der Waals surface area (Å²) in [4.78, 5) is 15.6. The highest BCUT2D eigenvalue weighted by atomic mass is 16.3. The minimum Gasteiger partial charge on any atom is -0.454 e. The van der Waals surface area contributed by atoms with Crippen LogP contribution in [0.1, 0.15) is 0 Å². The summed E-state index contributed by atoms with van der Waals surface area (Å²) in [6, 6.07) is 76.2. The second kappa shape index (κ2) is 14.7. The average molecular weight is 793 g/mol. The van der Waals surface area contributed by atoms with Crippen molar-refractivity contribution in [1.29, 1.82) is 0 Å². The van der Waals surface area contributed by atoms with Gasteiger partial charge in [-0.3, -0.25) is 0 Å². The predicted molar refractivity (Wildman–Crippen MR) is 254 cm³/mol. The van der Waals surface area contributed by atoms with Gasteiger partial charge in [0.15, 0.2) is 23.1 Å². The Morgan fingerprint density at radius 2 is 0.790 bits per heavy atom. The molecule has 12 rings (SSSR count). The van der Waals surface area contributed by atoms with Gasteiger partial charge in [-0.25, -0.2) is 15.0 Å². The molecule has 9 aromatic carbocycles. The zero-order valence-corrected chi connectivity index (χ0v) is 33.5. The summed E-state index contributed by atoms with van der Waals surface area (Å²) in [6.45, 7) is 0. The second-order valence-corrected chi connectivity index (χ2v) is 15.6. The van der Waals surface area contributed by atoms with E-state index in [2.05, 4.69) is 199 Å². The van der Waals surface area contributed by atoms with Crippen LogP contribution in [0.5, 0.6) is 0 Å². The van der Waals surface area contributed by atoms with Crippen molar-refractivity contribution in [2.45, 2.75) is 0 Å². The van der Waals surface area contributed by atoms with Gasteiger partial charge in [-0.15, -0.1) is 0 Å². The minimum absolute atomic E-state index is 0.576. The fraction of sp³-hybridized carbons (Fsp3) is 0. The number of fused-ring (bicyclic) bond motifs is 6. The van der Waals surface area contributed by atoms with Crippen LogP contribution in [0.3, 0.4) is 0 Å². The Morgan fingerprint density at radius 3 is 1.42 bits per heavy atom. The van der Waals surface area contributed by atoms with Gasteiger partial charge in [0.2, 0.25) is 0 Å². The van der Waals surface area contributed by atoms with E-state index in [9.17, 15) is 0 Å². The largest absolute Gasteiger partial charge is 0.454 e. The third-order valence-corrected chi connectivity index (χ3v) is 11.9. The van der Waals surface area contributed by atoms with Crippen molar-refractivity contribution in [2.24, 2.45) is 0 Å². The van der Waals surface area contributed by atoms with Gasteiger partial charge in [-0.2, -0.15) is 0 Å². The fourth-order valence-electron chi connectivity index (χ4n) is 8.87. The highest BCUT2D eigenvalue weighted by Gasteiger charge is 2.22. The Hall–Kier alpha value is -8.41. The van der Waals surface area contributed by atoms with Gasteiger partial charge in [-0.1, -0.05) is 194 Å². The first-order chi connectivity index (χ1) is 30.7. The lowest BCUT2D eigenvalue weighted by Crippen LogP contribution is -2.00. The van der Waals surface area contributed by atoms with E-state index in [1.165, 1.54) is 16.3 Å². The molecule has 0 saturated carbocycles. The molecule has 0 radical (unpaired) electrons. The van der Waals surface area contributed by atoms with E-state index in [-0.39, 0.29) is 0 Å². The molecule has 0 amide bonds. The van der Waals surface area contributed by atoms with E-state index in [0.717, 1.165) is 83.2 Å². The molecule has 0 spiro atoms. The standard InChI is InChI=1S/C57H36N4O/c1-4-14-37(15-5-1)40-26-30-42(31-27-40)55-58-56(43-32-28-41(29-33-43)38-16-6-2-7-17-38)60-57(59-55)48-22-13-25-52-53(48)47-21-12-24-50(54(47)62-52)61-49-23-11-10-20-45(49)46-35-34-44(36-51(46)61)39-18-8-3-9-19-39/h1-36H. The molecule has 0 aliphatic rings. The number of aromatic nitrogens is 4. The summed E-state index contributed by atoms with van der Waals surface area (Å²) in [7, 11) is 0. The average Bonchev–Trinajstić information content (AvgIpc) is 3.91. The Morgan fingerprint density at radius 1 is 0.323 bits per heavy atom. The summed E-state index contributed by atoms with van der Waals surface area (Å²) in [5, 5.41) is 4.32. The Kier molecular flexibility index (Phi) is 8.42. The first-order valence-electron chi connectivity index (χ1n) is 20.8. The van der Waals surface area contributed by atoms with Crippen molar-refractivity contribution in [1.82, 2.24) is 19.5 Å². The van der Waals surface area contributed by atoms with Crippen molar-refractivity contribution in [3.8, 4) is 73.2 Å². The minimum atomic E-state index is 0.576. The molecule has 3 aromatic heterocycles. The molecule has 12 aromatic rings. The van der Waals surface area contributed by atoms with E-state index < -0.39 is 0 Å². The maximum atomic E-state index is 6.93. The third-order valence-electron chi connectivity index (χ3n) is 11.9. The van der Waals surface area contributed by atoms with Crippen LogP contribution in [-0.4, -0.2) is 19.5 Å². The monoisotopic (exact) mass is 792 g/mol. The number of hydrogen-bond donors (Lipinski definition) is 0. The first kappa shape index (κ1) is 35.5. The number of nitrogens with zero attached hydrogens (tertiary/aromatic N) is 4. The zero-order chi connectivity index (χ0) is 41.0. The maximum Gasteiger partial charge on any atom is 0.164 e. The van der Waals surface area contributed by atoms with Crippen molar-refractivity contribution in [3.05, 3.63) is 218 Å². The summed E-state index contributed by atoms with van der Waals surface area (Å²) in [5.74, 6) is 1.77. The summed E-state index contributed by atoms with van der Waals surface area (Å²) in [5.41, 5.74) is 14.4. The highest BCUT2D eigenvalue weighted by Crippen LogP contribution is 2.42. The van der Waals surface area contributed by atoms with E-state index in [1.54, 1.807) is 0 Å². The van der Waals surface area contributed by atoms with Crippen LogP contribution < -0.4 is 0 Å². The topological polar surface area (TPSA) is 56.7 Å². The van der Waals surface area contributed by atoms with E-state index in [4.69, 9.17) is 19.4 Å². The van der Waals surface area contributed by atoms with Gasteiger partial charge >= 0.3 is 0 Å². The van der Waals surface area contributed by atoms with Gasteiger partial charge < -0.3 is 8.98 Å².